The zero-order valence-electron chi connectivity index (χ0n) is 18.5. The van der Waals surface area contributed by atoms with Crippen LogP contribution in [0.1, 0.15) is 23.5 Å². The number of benzene rings is 1. The number of aromatic nitrogens is 1. The molecule has 2 aromatic heterocycles. The van der Waals surface area contributed by atoms with Crippen molar-refractivity contribution >= 4 is 23.0 Å². The second kappa shape index (κ2) is 9.88. The number of furan rings is 1. The Morgan fingerprint density at radius 2 is 1.97 bits per heavy atom. The lowest BCUT2D eigenvalue weighted by molar-refractivity contribution is -0.384. The predicted molar refractivity (Wildman–Crippen MR) is 130 cm³/mol. The van der Waals surface area contributed by atoms with Gasteiger partial charge in [0.1, 0.15) is 17.6 Å². The molecule has 4 heterocycles. The standard InChI is InChI=1S/C24H25N5O4S/c30-29(31)18-5-3-4-17(16-18)20-7-8-21(33-20)23-22(19-6-1-2-9-25-19)26-24(34)28(23)11-10-27-12-14-32-15-13-27/h1-9,16,22-23H,10-15H2,(H,26,34)/t22-,23-/m0/s1. The summed E-state index contributed by atoms with van der Waals surface area (Å²) < 4.78 is 11.8. The predicted octanol–water partition coefficient (Wildman–Crippen LogP) is 3.55. The van der Waals surface area contributed by atoms with Gasteiger partial charge >= 0.3 is 0 Å². The van der Waals surface area contributed by atoms with Crippen LogP contribution in [-0.4, -0.2) is 64.2 Å². The van der Waals surface area contributed by atoms with Crippen molar-refractivity contribution in [1.29, 1.82) is 0 Å². The number of nitrogens with one attached hydrogen (secondary N) is 1. The van der Waals surface area contributed by atoms with E-state index in [2.05, 4.69) is 20.1 Å². The first-order valence-electron chi connectivity index (χ1n) is 11.2. The Kier molecular flexibility index (Phi) is 6.52. The minimum atomic E-state index is -0.406. The van der Waals surface area contributed by atoms with Gasteiger partial charge in [0.2, 0.25) is 0 Å². The fraction of sp³-hybridized carbons (Fsp3) is 0.333. The molecule has 10 heteroatoms. The number of non-ortho nitro benzene ring substituents is 1. The van der Waals surface area contributed by atoms with E-state index in [0.29, 0.717) is 16.4 Å². The van der Waals surface area contributed by atoms with E-state index in [9.17, 15) is 10.1 Å². The van der Waals surface area contributed by atoms with Gasteiger partial charge in [0.05, 0.1) is 29.9 Å². The summed E-state index contributed by atoms with van der Waals surface area (Å²) in [6, 6.07) is 15.7. The molecule has 2 aliphatic heterocycles. The van der Waals surface area contributed by atoms with Gasteiger partial charge in [0.25, 0.3) is 5.69 Å². The molecule has 0 bridgehead atoms. The highest BCUT2D eigenvalue weighted by atomic mass is 32.1. The number of thiocarbonyl (C=S) groups is 1. The largest absolute Gasteiger partial charge is 0.459 e. The second-order valence-electron chi connectivity index (χ2n) is 8.28. The molecule has 2 saturated heterocycles. The number of rotatable bonds is 7. The molecule has 34 heavy (non-hydrogen) atoms. The monoisotopic (exact) mass is 479 g/mol. The van der Waals surface area contributed by atoms with Crippen LogP contribution < -0.4 is 5.32 Å². The summed E-state index contributed by atoms with van der Waals surface area (Å²) in [5, 5.41) is 15.3. The Balaban J connectivity index is 1.45. The summed E-state index contributed by atoms with van der Waals surface area (Å²) >= 11 is 5.73. The Labute approximate surface area is 202 Å². The SMILES string of the molecule is O=[N+]([O-])c1cccc(-c2ccc([C@H]3[C@H](c4ccccn4)NC(=S)N3CCN3CCOCC3)o2)c1. The van der Waals surface area contributed by atoms with Gasteiger partial charge in [-0.15, -0.1) is 0 Å². The first kappa shape index (κ1) is 22.5. The van der Waals surface area contributed by atoms with Gasteiger partial charge in [0.15, 0.2) is 5.11 Å². The molecule has 0 saturated carbocycles. The molecule has 0 unspecified atom stereocenters. The average Bonchev–Trinajstić information content (AvgIpc) is 3.48. The maximum atomic E-state index is 11.2. The van der Waals surface area contributed by atoms with Crippen LogP contribution in [0.2, 0.25) is 0 Å². The van der Waals surface area contributed by atoms with E-state index in [4.69, 9.17) is 21.4 Å². The van der Waals surface area contributed by atoms with Crippen LogP contribution in [-0.2, 0) is 4.74 Å². The smallest absolute Gasteiger partial charge is 0.270 e. The molecule has 5 rings (SSSR count). The minimum absolute atomic E-state index is 0.0256. The molecule has 0 aliphatic carbocycles. The molecule has 0 radical (unpaired) electrons. The molecule has 1 N–H and O–H groups in total. The van der Waals surface area contributed by atoms with E-state index >= 15 is 0 Å². The van der Waals surface area contributed by atoms with Gasteiger partial charge in [-0.1, -0.05) is 18.2 Å². The topological polar surface area (TPSA) is 96.9 Å². The molecular formula is C24H25N5O4S. The Hall–Kier alpha value is -3.34. The zero-order valence-corrected chi connectivity index (χ0v) is 19.3. The Morgan fingerprint density at radius 1 is 1.12 bits per heavy atom. The van der Waals surface area contributed by atoms with Crippen LogP contribution in [0.15, 0.2) is 65.2 Å². The third-order valence-corrected chi connectivity index (χ3v) is 6.57. The molecular weight excluding hydrogens is 454 g/mol. The number of hydrogen-bond acceptors (Lipinski definition) is 7. The quantitative estimate of drug-likeness (QED) is 0.310. The first-order valence-corrected chi connectivity index (χ1v) is 11.6. The van der Waals surface area contributed by atoms with Crippen molar-refractivity contribution in [3.05, 3.63) is 82.4 Å². The van der Waals surface area contributed by atoms with Gasteiger partial charge in [-0.2, -0.15) is 0 Å². The molecule has 176 valence electrons. The van der Waals surface area contributed by atoms with E-state index in [-0.39, 0.29) is 17.8 Å². The van der Waals surface area contributed by atoms with Crippen molar-refractivity contribution in [3.8, 4) is 11.3 Å². The summed E-state index contributed by atoms with van der Waals surface area (Å²) in [5.74, 6) is 1.30. The lowest BCUT2D eigenvalue weighted by atomic mass is 10.0. The van der Waals surface area contributed by atoms with Gasteiger partial charge in [-0.05, 0) is 36.5 Å². The van der Waals surface area contributed by atoms with Crippen molar-refractivity contribution in [2.75, 3.05) is 39.4 Å². The first-order chi connectivity index (χ1) is 16.6. The lowest BCUT2D eigenvalue weighted by Gasteiger charge is -2.31. The van der Waals surface area contributed by atoms with Crippen molar-refractivity contribution in [1.82, 2.24) is 20.1 Å². The van der Waals surface area contributed by atoms with Crippen molar-refractivity contribution < 1.29 is 14.1 Å². The number of nitrogens with zero attached hydrogens (tertiary/aromatic N) is 4. The highest BCUT2D eigenvalue weighted by Crippen LogP contribution is 2.40. The molecule has 2 atom stereocenters. The molecule has 3 aromatic rings. The molecule has 2 aliphatic rings. The minimum Gasteiger partial charge on any atom is -0.459 e. The summed E-state index contributed by atoms with van der Waals surface area (Å²) in [4.78, 5) is 19.9. The molecule has 1 aromatic carbocycles. The maximum Gasteiger partial charge on any atom is 0.270 e. The average molecular weight is 480 g/mol. The molecule has 2 fully saturated rings. The molecule has 0 spiro atoms. The molecule has 9 nitrogen and oxygen atoms in total. The van der Waals surface area contributed by atoms with Crippen LogP contribution in [0.4, 0.5) is 5.69 Å². The third-order valence-electron chi connectivity index (χ3n) is 6.22. The maximum absolute atomic E-state index is 11.2. The van der Waals surface area contributed by atoms with Crippen LogP contribution in [0, 0.1) is 10.1 Å². The van der Waals surface area contributed by atoms with Crippen molar-refractivity contribution in [3.63, 3.8) is 0 Å². The van der Waals surface area contributed by atoms with E-state index in [1.807, 2.05) is 30.3 Å². The van der Waals surface area contributed by atoms with Crippen LogP contribution in [0.25, 0.3) is 11.3 Å². The van der Waals surface area contributed by atoms with Gasteiger partial charge in [-0.25, -0.2) is 0 Å². The van der Waals surface area contributed by atoms with Crippen molar-refractivity contribution in [2.45, 2.75) is 12.1 Å². The number of nitro benzene ring substituents is 1. The van der Waals surface area contributed by atoms with Crippen LogP contribution in [0.5, 0.6) is 0 Å². The van der Waals surface area contributed by atoms with E-state index in [1.165, 1.54) is 12.1 Å². The van der Waals surface area contributed by atoms with E-state index < -0.39 is 4.92 Å². The van der Waals surface area contributed by atoms with Crippen LogP contribution >= 0.6 is 12.2 Å². The number of hydrogen-bond donors (Lipinski definition) is 1. The van der Waals surface area contributed by atoms with Crippen molar-refractivity contribution in [2.24, 2.45) is 0 Å². The zero-order chi connectivity index (χ0) is 23.5. The fourth-order valence-electron chi connectivity index (χ4n) is 4.47. The van der Waals surface area contributed by atoms with Gasteiger partial charge in [-0.3, -0.25) is 20.0 Å². The van der Waals surface area contributed by atoms with Gasteiger partial charge < -0.3 is 19.4 Å². The Morgan fingerprint density at radius 3 is 2.74 bits per heavy atom. The number of morpholine rings is 1. The number of ether oxygens (including phenoxy) is 1. The normalized spacial score (nSPS) is 20.9. The summed E-state index contributed by atoms with van der Waals surface area (Å²) in [6.45, 7) is 4.88. The third kappa shape index (κ3) is 4.65. The summed E-state index contributed by atoms with van der Waals surface area (Å²) in [6.07, 6.45) is 1.77. The highest BCUT2D eigenvalue weighted by molar-refractivity contribution is 7.80. The van der Waals surface area contributed by atoms with E-state index in [0.717, 1.165) is 50.8 Å². The number of pyridine rings is 1. The highest BCUT2D eigenvalue weighted by Gasteiger charge is 2.41. The second-order valence-corrected chi connectivity index (χ2v) is 8.67. The lowest BCUT2D eigenvalue weighted by Crippen LogP contribution is -2.42. The molecule has 0 amide bonds. The summed E-state index contributed by atoms with van der Waals surface area (Å²) in [7, 11) is 0. The van der Waals surface area contributed by atoms with Crippen LogP contribution in [0.3, 0.4) is 0 Å². The van der Waals surface area contributed by atoms with E-state index in [1.54, 1.807) is 18.3 Å². The van der Waals surface area contributed by atoms with Gasteiger partial charge in [0, 0.05) is 50.1 Å². The number of nitro groups is 1. The fourth-order valence-corrected chi connectivity index (χ4v) is 4.80. The Bertz CT molecular complexity index is 1160. The summed E-state index contributed by atoms with van der Waals surface area (Å²) in [5.41, 5.74) is 1.55.